The predicted octanol–water partition coefficient (Wildman–Crippen LogP) is 3.01. The summed E-state index contributed by atoms with van der Waals surface area (Å²) in [7, 11) is 1.64. The second-order valence-electron chi connectivity index (χ2n) is 5.54. The van der Waals surface area contributed by atoms with Gasteiger partial charge in [0.2, 0.25) is 0 Å². The fourth-order valence-corrected chi connectivity index (χ4v) is 2.36. The second kappa shape index (κ2) is 10.9. The second-order valence-corrected chi connectivity index (χ2v) is 5.54. The van der Waals surface area contributed by atoms with E-state index in [1.54, 1.807) is 7.11 Å². The molecule has 26 heavy (non-hydrogen) atoms. The lowest BCUT2D eigenvalue weighted by Crippen LogP contribution is -2.38. The van der Waals surface area contributed by atoms with E-state index in [0.29, 0.717) is 26.3 Å². The Morgan fingerprint density at radius 3 is 2.38 bits per heavy atom. The number of benzene rings is 2. The molecule has 2 rings (SSSR count). The molecule has 0 saturated carbocycles. The number of urea groups is 1. The highest BCUT2D eigenvalue weighted by atomic mass is 16.5. The molecule has 0 fully saturated rings. The highest BCUT2D eigenvalue weighted by Crippen LogP contribution is 2.19. The van der Waals surface area contributed by atoms with Gasteiger partial charge >= 0.3 is 6.03 Å². The minimum absolute atomic E-state index is 0.209. The zero-order valence-electron chi connectivity index (χ0n) is 15.3. The number of amides is 2. The van der Waals surface area contributed by atoms with E-state index < -0.39 is 0 Å². The third kappa shape index (κ3) is 6.93. The molecule has 0 aromatic heterocycles. The molecule has 0 atom stereocenters. The third-order valence-corrected chi connectivity index (χ3v) is 3.61. The van der Waals surface area contributed by atoms with E-state index in [0.717, 1.165) is 29.2 Å². The number of nitrogens with one attached hydrogen (secondary N) is 2. The Balaban J connectivity index is 1.60. The molecule has 0 aliphatic carbocycles. The van der Waals surface area contributed by atoms with Crippen molar-refractivity contribution in [1.29, 1.82) is 0 Å². The van der Waals surface area contributed by atoms with Gasteiger partial charge in [0.15, 0.2) is 0 Å². The molecule has 2 aromatic carbocycles. The molecular weight excluding hydrogens is 332 g/mol. The molecule has 0 aliphatic rings. The van der Waals surface area contributed by atoms with Gasteiger partial charge in [0.05, 0.1) is 20.3 Å². The van der Waals surface area contributed by atoms with Crippen LogP contribution < -0.4 is 24.8 Å². The lowest BCUT2D eigenvalue weighted by atomic mass is 10.1. The maximum atomic E-state index is 11.8. The number of methoxy groups -OCH3 is 1. The number of hydrogen-bond acceptors (Lipinski definition) is 4. The summed E-state index contributed by atoms with van der Waals surface area (Å²) in [5, 5.41) is 5.60. The fraction of sp³-hybridized carbons (Fsp3) is 0.350. The lowest BCUT2D eigenvalue weighted by molar-refractivity contribution is 0.236. The molecule has 0 saturated heterocycles. The Labute approximate surface area is 154 Å². The van der Waals surface area contributed by atoms with Gasteiger partial charge in [-0.05, 0) is 43.2 Å². The predicted molar refractivity (Wildman–Crippen MR) is 101 cm³/mol. The first kappa shape index (κ1) is 19.4. The zero-order valence-corrected chi connectivity index (χ0v) is 15.3. The van der Waals surface area contributed by atoms with E-state index in [-0.39, 0.29) is 6.03 Å². The average Bonchev–Trinajstić information content (AvgIpc) is 2.66. The van der Waals surface area contributed by atoms with Crippen LogP contribution in [0.2, 0.25) is 0 Å². The topological polar surface area (TPSA) is 68.8 Å². The van der Waals surface area contributed by atoms with Crippen LogP contribution in [0.4, 0.5) is 4.79 Å². The molecule has 0 unspecified atom stereocenters. The van der Waals surface area contributed by atoms with E-state index in [1.165, 1.54) is 0 Å². The Morgan fingerprint density at radius 2 is 1.62 bits per heavy atom. The molecular formula is C20H26N2O4. The summed E-state index contributed by atoms with van der Waals surface area (Å²) in [4.78, 5) is 11.8. The van der Waals surface area contributed by atoms with Gasteiger partial charge in [-0.2, -0.15) is 0 Å². The van der Waals surface area contributed by atoms with Crippen LogP contribution in [-0.2, 0) is 6.42 Å². The van der Waals surface area contributed by atoms with Crippen LogP contribution in [0.15, 0.2) is 48.5 Å². The molecule has 2 aromatic rings. The highest BCUT2D eigenvalue weighted by Gasteiger charge is 2.02. The Kier molecular flexibility index (Phi) is 8.12. The van der Waals surface area contributed by atoms with Crippen LogP contribution in [0, 0.1) is 0 Å². The molecule has 0 bridgehead atoms. The first-order chi connectivity index (χ1) is 12.7. The van der Waals surface area contributed by atoms with Gasteiger partial charge in [0.25, 0.3) is 0 Å². The van der Waals surface area contributed by atoms with Crippen molar-refractivity contribution in [3.05, 3.63) is 54.1 Å². The largest absolute Gasteiger partial charge is 0.497 e. The van der Waals surface area contributed by atoms with Crippen molar-refractivity contribution < 1.29 is 19.0 Å². The van der Waals surface area contributed by atoms with Gasteiger partial charge in [0, 0.05) is 12.6 Å². The summed E-state index contributed by atoms with van der Waals surface area (Å²) in [6.07, 6.45) is 0.741. The normalized spacial score (nSPS) is 10.1. The molecule has 140 valence electrons. The fourth-order valence-electron chi connectivity index (χ4n) is 2.36. The maximum absolute atomic E-state index is 11.8. The van der Waals surface area contributed by atoms with Crippen LogP contribution in [-0.4, -0.2) is 39.4 Å². The summed E-state index contributed by atoms with van der Waals surface area (Å²) in [6.45, 7) is 3.91. The van der Waals surface area contributed by atoms with Gasteiger partial charge in [-0.1, -0.05) is 18.2 Å². The van der Waals surface area contributed by atoms with E-state index >= 15 is 0 Å². The number of hydrogen-bond donors (Lipinski definition) is 2. The van der Waals surface area contributed by atoms with Gasteiger partial charge in [-0.15, -0.1) is 0 Å². The van der Waals surface area contributed by atoms with Crippen molar-refractivity contribution in [2.75, 3.05) is 33.4 Å². The van der Waals surface area contributed by atoms with E-state index in [4.69, 9.17) is 14.2 Å². The van der Waals surface area contributed by atoms with Crippen molar-refractivity contribution in [3.8, 4) is 17.2 Å². The molecule has 0 aliphatic heterocycles. The van der Waals surface area contributed by atoms with Crippen LogP contribution in [0.25, 0.3) is 0 Å². The summed E-state index contributed by atoms with van der Waals surface area (Å²) >= 11 is 0. The number of rotatable bonds is 10. The van der Waals surface area contributed by atoms with Gasteiger partial charge < -0.3 is 24.8 Å². The van der Waals surface area contributed by atoms with Crippen LogP contribution >= 0.6 is 0 Å². The number of carbonyl (C=O) groups excluding carboxylic acids is 1. The molecule has 2 N–H and O–H groups in total. The molecule has 0 heterocycles. The zero-order chi connectivity index (χ0) is 18.6. The van der Waals surface area contributed by atoms with Crippen molar-refractivity contribution in [2.45, 2.75) is 13.3 Å². The summed E-state index contributed by atoms with van der Waals surface area (Å²) in [5.41, 5.74) is 1.11. The van der Waals surface area contributed by atoms with Gasteiger partial charge in [-0.3, -0.25) is 0 Å². The van der Waals surface area contributed by atoms with Crippen LogP contribution in [0.3, 0.4) is 0 Å². The minimum atomic E-state index is -0.209. The van der Waals surface area contributed by atoms with E-state index in [2.05, 4.69) is 10.6 Å². The monoisotopic (exact) mass is 358 g/mol. The van der Waals surface area contributed by atoms with Crippen molar-refractivity contribution in [2.24, 2.45) is 0 Å². The molecule has 6 nitrogen and oxygen atoms in total. The average molecular weight is 358 g/mol. The quantitative estimate of drug-likeness (QED) is 0.641. The van der Waals surface area contributed by atoms with Crippen LogP contribution in [0.1, 0.15) is 12.5 Å². The Bertz CT molecular complexity index is 691. The lowest BCUT2D eigenvalue weighted by Gasteiger charge is -2.10. The third-order valence-electron chi connectivity index (χ3n) is 3.61. The van der Waals surface area contributed by atoms with Crippen molar-refractivity contribution in [3.63, 3.8) is 0 Å². The minimum Gasteiger partial charge on any atom is -0.497 e. The smallest absolute Gasteiger partial charge is 0.314 e. The first-order valence-corrected chi connectivity index (χ1v) is 8.71. The Hall–Kier alpha value is -2.89. The molecule has 0 spiro atoms. The SMILES string of the molecule is CCOc1cccc(OCCNC(=O)NCCc2cccc(OC)c2)c1. The molecule has 0 radical (unpaired) electrons. The maximum Gasteiger partial charge on any atom is 0.314 e. The first-order valence-electron chi connectivity index (χ1n) is 8.71. The van der Waals surface area contributed by atoms with Gasteiger partial charge in [0.1, 0.15) is 23.9 Å². The van der Waals surface area contributed by atoms with Gasteiger partial charge in [-0.25, -0.2) is 4.79 Å². The number of carbonyl (C=O) groups is 1. The molecule has 6 heteroatoms. The number of ether oxygens (including phenoxy) is 3. The summed E-state index contributed by atoms with van der Waals surface area (Å²) in [6, 6.07) is 15.0. The van der Waals surface area contributed by atoms with Crippen LogP contribution in [0.5, 0.6) is 17.2 Å². The van der Waals surface area contributed by atoms with Crippen molar-refractivity contribution >= 4 is 6.03 Å². The standard InChI is InChI=1S/C20H26N2O4/c1-3-25-18-8-5-9-19(15-18)26-13-12-22-20(23)21-11-10-16-6-4-7-17(14-16)24-2/h4-9,14-15H,3,10-13H2,1-2H3,(H2,21,22,23). The summed E-state index contributed by atoms with van der Waals surface area (Å²) < 4.78 is 16.2. The Morgan fingerprint density at radius 1 is 0.923 bits per heavy atom. The molecule has 2 amide bonds. The van der Waals surface area contributed by atoms with E-state index in [1.807, 2.05) is 55.5 Å². The summed E-state index contributed by atoms with van der Waals surface area (Å²) in [5.74, 6) is 2.31. The highest BCUT2D eigenvalue weighted by molar-refractivity contribution is 5.73. The van der Waals surface area contributed by atoms with E-state index in [9.17, 15) is 4.79 Å². The van der Waals surface area contributed by atoms with Crippen molar-refractivity contribution in [1.82, 2.24) is 10.6 Å².